The van der Waals surface area contributed by atoms with Gasteiger partial charge in [0.2, 0.25) is 11.8 Å². The first kappa shape index (κ1) is 17.2. The van der Waals surface area contributed by atoms with Gasteiger partial charge >= 0.3 is 0 Å². The summed E-state index contributed by atoms with van der Waals surface area (Å²) in [5.74, 6) is -0.307. The van der Waals surface area contributed by atoms with Gasteiger partial charge < -0.3 is 16.4 Å². The maximum absolute atomic E-state index is 11.8. The van der Waals surface area contributed by atoms with Crippen molar-refractivity contribution in [2.24, 2.45) is 5.73 Å². The van der Waals surface area contributed by atoms with Crippen LogP contribution in [0.15, 0.2) is 30.3 Å². The molecule has 0 aliphatic heterocycles. The van der Waals surface area contributed by atoms with Crippen molar-refractivity contribution in [3.8, 4) is 0 Å². The van der Waals surface area contributed by atoms with Gasteiger partial charge in [-0.05, 0) is 25.3 Å². The molecule has 1 rings (SSSR count). The molecule has 0 saturated heterocycles. The summed E-state index contributed by atoms with van der Waals surface area (Å²) in [5, 5.41) is 5.44. The highest BCUT2D eigenvalue weighted by atomic mass is 16.2. The van der Waals surface area contributed by atoms with Gasteiger partial charge in [-0.1, -0.05) is 37.3 Å². The molecule has 21 heavy (non-hydrogen) atoms. The van der Waals surface area contributed by atoms with Gasteiger partial charge in [0.05, 0.1) is 0 Å². The number of carbonyl (C=O) groups excluding carboxylic acids is 2. The smallest absolute Gasteiger partial charge is 0.242 e. The number of nitrogens with one attached hydrogen (secondary N) is 2. The Bertz CT molecular complexity index is 448. The Balaban J connectivity index is 2.32. The second-order valence-corrected chi connectivity index (χ2v) is 5.14. The number of nitrogens with two attached hydrogens (primary N) is 1. The van der Waals surface area contributed by atoms with Crippen molar-refractivity contribution < 1.29 is 9.59 Å². The average molecular weight is 291 g/mol. The van der Waals surface area contributed by atoms with Gasteiger partial charge in [-0.2, -0.15) is 0 Å². The first-order valence-electron chi connectivity index (χ1n) is 7.42. The standard InChI is InChI=1S/C16H25N3O2/c1-3-11-18-16(21)12(2)19-15(20)10-9-14(17)13-7-5-4-6-8-13/h4-8,12,14H,3,9-11,17H2,1-2H3,(H,18,21)(H,19,20). The molecule has 0 heterocycles. The maximum Gasteiger partial charge on any atom is 0.242 e. The van der Waals surface area contributed by atoms with Gasteiger partial charge in [-0.15, -0.1) is 0 Å². The van der Waals surface area contributed by atoms with Crippen molar-refractivity contribution in [2.75, 3.05) is 6.54 Å². The molecule has 1 aromatic rings. The van der Waals surface area contributed by atoms with Crippen LogP contribution in [0.5, 0.6) is 0 Å². The predicted octanol–water partition coefficient (Wildman–Crippen LogP) is 1.50. The molecule has 5 nitrogen and oxygen atoms in total. The highest BCUT2D eigenvalue weighted by molar-refractivity contribution is 5.87. The van der Waals surface area contributed by atoms with E-state index >= 15 is 0 Å². The van der Waals surface area contributed by atoms with Crippen molar-refractivity contribution in [1.29, 1.82) is 0 Å². The minimum atomic E-state index is -0.517. The Labute approximate surface area is 126 Å². The van der Waals surface area contributed by atoms with Gasteiger partial charge in [-0.3, -0.25) is 9.59 Å². The number of amides is 2. The van der Waals surface area contributed by atoms with E-state index in [2.05, 4.69) is 10.6 Å². The second-order valence-electron chi connectivity index (χ2n) is 5.14. The van der Waals surface area contributed by atoms with Crippen LogP contribution in [0.1, 0.15) is 44.7 Å². The van der Waals surface area contributed by atoms with E-state index in [-0.39, 0.29) is 17.9 Å². The Kier molecular flexibility index (Phi) is 7.46. The minimum absolute atomic E-state index is 0.152. The molecule has 0 aromatic heterocycles. The molecule has 0 spiro atoms. The van der Waals surface area contributed by atoms with Gasteiger partial charge in [0, 0.05) is 19.0 Å². The van der Waals surface area contributed by atoms with Crippen LogP contribution in [0.4, 0.5) is 0 Å². The summed E-state index contributed by atoms with van der Waals surface area (Å²) in [6, 6.07) is 9.00. The van der Waals surface area contributed by atoms with Crippen LogP contribution in [-0.2, 0) is 9.59 Å². The lowest BCUT2D eigenvalue weighted by Gasteiger charge is -2.15. The van der Waals surface area contributed by atoms with E-state index in [0.717, 1.165) is 12.0 Å². The molecule has 0 bridgehead atoms. The topological polar surface area (TPSA) is 84.2 Å². The van der Waals surface area contributed by atoms with Gasteiger partial charge in [0.25, 0.3) is 0 Å². The Hall–Kier alpha value is -1.88. The summed E-state index contributed by atoms with van der Waals surface area (Å²) in [7, 11) is 0. The largest absolute Gasteiger partial charge is 0.354 e. The normalized spacial score (nSPS) is 13.3. The third-order valence-electron chi connectivity index (χ3n) is 3.23. The van der Waals surface area contributed by atoms with Crippen LogP contribution >= 0.6 is 0 Å². The summed E-state index contributed by atoms with van der Waals surface area (Å²) in [6.45, 7) is 4.28. The molecule has 0 radical (unpaired) electrons. The van der Waals surface area contributed by atoms with Crippen molar-refractivity contribution >= 4 is 11.8 Å². The third kappa shape index (κ3) is 6.40. The van der Waals surface area contributed by atoms with E-state index in [1.807, 2.05) is 37.3 Å². The van der Waals surface area contributed by atoms with Crippen LogP contribution in [0.3, 0.4) is 0 Å². The summed E-state index contributed by atoms with van der Waals surface area (Å²) in [4.78, 5) is 23.5. The molecule has 0 fully saturated rings. The molecule has 4 N–H and O–H groups in total. The molecule has 2 unspecified atom stereocenters. The van der Waals surface area contributed by atoms with Gasteiger partial charge in [-0.25, -0.2) is 0 Å². The van der Waals surface area contributed by atoms with Crippen LogP contribution in [-0.4, -0.2) is 24.4 Å². The van der Waals surface area contributed by atoms with E-state index in [4.69, 9.17) is 5.73 Å². The molecular formula is C16H25N3O2. The fraction of sp³-hybridized carbons (Fsp3) is 0.500. The highest BCUT2D eigenvalue weighted by Gasteiger charge is 2.15. The van der Waals surface area contributed by atoms with Crippen LogP contribution in [0, 0.1) is 0 Å². The van der Waals surface area contributed by atoms with Crippen LogP contribution in [0.2, 0.25) is 0 Å². The Morgan fingerprint density at radius 2 is 1.90 bits per heavy atom. The fourth-order valence-electron chi connectivity index (χ4n) is 1.93. The number of carbonyl (C=O) groups is 2. The zero-order chi connectivity index (χ0) is 15.7. The van der Waals surface area contributed by atoms with E-state index in [0.29, 0.717) is 19.4 Å². The quantitative estimate of drug-likeness (QED) is 0.678. The molecular weight excluding hydrogens is 266 g/mol. The number of hydrogen-bond donors (Lipinski definition) is 3. The van der Waals surface area contributed by atoms with Crippen molar-refractivity contribution in [3.05, 3.63) is 35.9 Å². The van der Waals surface area contributed by atoms with Crippen LogP contribution in [0.25, 0.3) is 0 Å². The molecule has 1 aromatic carbocycles. The zero-order valence-corrected chi connectivity index (χ0v) is 12.8. The molecule has 0 saturated carbocycles. The molecule has 116 valence electrons. The lowest BCUT2D eigenvalue weighted by molar-refractivity contribution is -0.128. The molecule has 5 heteroatoms. The Morgan fingerprint density at radius 3 is 2.52 bits per heavy atom. The zero-order valence-electron chi connectivity index (χ0n) is 12.8. The van der Waals surface area contributed by atoms with Crippen molar-refractivity contribution in [2.45, 2.75) is 45.2 Å². The van der Waals surface area contributed by atoms with Gasteiger partial charge in [0.1, 0.15) is 6.04 Å². The van der Waals surface area contributed by atoms with Crippen molar-refractivity contribution in [1.82, 2.24) is 10.6 Å². The number of hydrogen-bond acceptors (Lipinski definition) is 3. The van der Waals surface area contributed by atoms with E-state index in [9.17, 15) is 9.59 Å². The fourth-order valence-corrected chi connectivity index (χ4v) is 1.93. The predicted molar refractivity (Wildman–Crippen MR) is 83.5 cm³/mol. The van der Waals surface area contributed by atoms with E-state index in [1.165, 1.54) is 0 Å². The minimum Gasteiger partial charge on any atom is -0.354 e. The molecule has 2 atom stereocenters. The average Bonchev–Trinajstić information content (AvgIpc) is 2.50. The van der Waals surface area contributed by atoms with Crippen LogP contribution < -0.4 is 16.4 Å². The monoisotopic (exact) mass is 291 g/mol. The molecule has 2 amide bonds. The lowest BCUT2D eigenvalue weighted by atomic mass is 10.0. The first-order valence-corrected chi connectivity index (χ1v) is 7.42. The summed E-state index contributed by atoms with van der Waals surface area (Å²) >= 11 is 0. The third-order valence-corrected chi connectivity index (χ3v) is 3.23. The van der Waals surface area contributed by atoms with E-state index in [1.54, 1.807) is 6.92 Å². The highest BCUT2D eigenvalue weighted by Crippen LogP contribution is 2.14. The second kappa shape index (κ2) is 9.13. The van der Waals surface area contributed by atoms with Crippen molar-refractivity contribution in [3.63, 3.8) is 0 Å². The molecule has 0 aliphatic carbocycles. The summed E-state index contributed by atoms with van der Waals surface area (Å²) < 4.78 is 0. The Morgan fingerprint density at radius 1 is 1.24 bits per heavy atom. The maximum atomic E-state index is 11.8. The van der Waals surface area contributed by atoms with Gasteiger partial charge in [0.15, 0.2) is 0 Å². The SMILES string of the molecule is CCCNC(=O)C(C)NC(=O)CCC(N)c1ccccc1. The molecule has 0 aliphatic rings. The number of rotatable bonds is 8. The first-order chi connectivity index (χ1) is 10.0. The van der Waals surface area contributed by atoms with E-state index < -0.39 is 6.04 Å². The lowest BCUT2D eigenvalue weighted by Crippen LogP contribution is -2.45. The summed E-state index contributed by atoms with van der Waals surface area (Å²) in [5.41, 5.74) is 7.05. The summed E-state index contributed by atoms with van der Waals surface area (Å²) in [6.07, 6.45) is 1.74. The number of benzene rings is 1.